The Labute approximate surface area is 164 Å². The lowest BCUT2D eigenvalue weighted by Crippen LogP contribution is -2.44. The molecule has 2 N–H and O–H groups in total. The molecule has 2 aromatic heterocycles. The molecule has 1 atom stereocenters. The van der Waals surface area contributed by atoms with Gasteiger partial charge in [-0.05, 0) is 50.8 Å². The fourth-order valence-corrected chi connectivity index (χ4v) is 3.59. The van der Waals surface area contributed by atoms with Crippen LogP contribution in [0.15, 0.2) is 35.0 Å². The van der Waals surface area contributed by atoms with Crippen LogP contribution < -0.4 is 5.32 Å². The summed E-state index contributed by atoms with van der Waals surface area (Å²) in [5.74, 6) is 1.02. The summed E-state index contributed by atoms with van der Waals surface area (Å²) in [6.07, 6.45) is 5.34. The molecule has 0 aromatic carbocycles. The van der Waals surface area contributed by atoms with Gasteiger partial charge in [0.05, 0.1) is 17.6 Å². The largest absolute Gasteiger partial charge is 0.466 e. The van der Waals surface area contributed by atoms with E-state index in [1.807, 2.05) is 12.1 Å². The Hall–Kier alpha value is -2.67. The molecule has 0 aliphatic carbocycles. The molecule has 1 aliphatic heterocycles. The fraction of sp³-hybridized carbons (Fsp3) is 0.476. The van der Waals surface area contributed by atoms with E-state index >= 15 is 0 Å². The van der Waals surface area contributed by atoms with E-state index in [1.54, 1.807) is 37.2 Å². The van der Waals surface area contributed by atoms with Crippen molar-refractivity contribution in [3.05, 3.63) is 53.2 Å². The number of aryl methyl sites for hydroxylation is 2. The van der Waals surface area contributed by atoms with E-state index in [2.05, 4.69) is 10.3 Å². The lowest BCUT2D eigenvalue weighted by atomic mass is 9.94. The van der Waals surface area contributed by atoms with Crippen LogP contribution in [-0.4, -0.2) is 52.0 Å². The second kappa shape index (κ2) is 8.56. The molecule has 1 saturated heterocycles. The Morgan fingerprint density at radius 2 is 2.14 bits per heavy atom. The van der Waals surface area contributed by atoms with Gasteiger partial charge in [0, 0.05) is 32.0 Å². The molecular formula is C21H27N3O4. The second-order valence-electron chi connectivity index (χ2n) is 7.51. The lowest BCUT2D eigenvalue weighted by molar-refractivity contribution is -0.130. The molecule has 7 nitrogen and oxygen atoms in total. The van der Waals surface area contributed by atoms with Crippen molar-refractivity contribution in [3.63, 3.8) is 0 Å². The fourth-order valence-electron chi connectivity index (χ4n) is 3.59. The van der Waals surface area contributed by atoms with Crippen LogP contribution in [0.2, 0.25) is 0 Å². The predicted molar refractivity (Wildman–Crippen MR) is 104 cm³/mol. The molecule has 0 bridgehead atoms. The third kappa shape index (κ3) is 4.98. The average molecular weight is 385 g/mol. The van der Waals surface area contributed by atoms with E-state index < -0.39 is 5.60 Å². The summed E-state index contributed by atoms with van der Waals surface area (Å²) in [6, 6.07) is 5.39. The van der Waals surface area contributed by atoms with Gasteiger partial charge in [-0.1, -0.05) is 6.07 Å². The summed E-state index contributed by atoms with van der Waals surface area (Å²) in [5.41, 5.74) is 0.346. The summed E-state index contributed by atoms with van der Waals surface area (Å²) >= 11 is 0. The van der Waals surface area contributed by atoms with Gasteiger partial charge < -0.3 is 19.7 Å². The quantitative estimate of drug-likeness (QED) is 0.821. The minimum Gasteiger partial charge on any atom is -0.466 e. The molecule has 0 saturated carbocycles. The Bertz CT molecular complexity index is 833. The van der Waals surface area contributed by atoms with E-state index in [4.69, 9.17) is 4.42 Å². The zero-order chi connectivity index (χ0) is 20.1. The number of likely N-dealkylation sites (tertiary alicyclic amines) is 1. The van der Waals surface area contributed by atoms with Crippen LogP contribution in [0.1, 0.15) is 46.7 Å². The van der Waals surface area contributed by atoms with Gasteiger partial charge in [-0.3, -0.25) is 14.6 Å². The number of furan rings is 1. The second-order valence-corrected chi connectivity index (χ2v) is 7.51. The summed E-state index contributed by atoms with van der Waals surface area (Å²) < 4.78 is 5.39. The topological polar surface area (TPSA) is 95.7 Å². The van der Waals surface area contributed by atoms with E-state index in [1.165, 1.54) is 0 Å². The number of nitrogens with one attached hydrogen (secondary N) is 1. The van der Waals surface area contributed by atoms with Crippen LogP contribution >= 0.6 is 0 Å². The van der Waals surface area contributed by atoms with Gasteiger partial charge in [-0.15, -0.1) is 0 Å². The number of aromatic nitrogens is 1. The van der Waals surface area contributed by atoms with E-state index in [-0.39, 0.29) is 18.4 Å². The molecule has 0 spiro atoms. The van der Waals surface area contributed by atoms with Crippen LogP contribution in [0.25, 0.3) is 0 Å². The maximum atomic E-state index is 12.6. The molecule has 0 radical (unpaired) electrons. The number of hydrogen-bond donors (Lipinski definition) is 2. The monoisotopic (exact) mass is 385 g/mol. The van der Waals surface area contributed by atoms with Gasteiger partial charge in [-0.25, -0.2) is 0 Å². The standard InChI is InChI=1S/C21H27N3O4/c1-15-11-18(16(2)28-15)20(26)23-14-21(27)6-4-9-24(10-7-21)19(25)12-17-5-3-8-22-13-17/h3,5,8,11,13,27H,4,6-7,9-10,12,14H2,1-2H3,(H,23,26). The highest BCUT2D eigenvalue weighted by molar-refractivity contribution is 5.95. The smallest absolute Gasteiger partial charge is 0.254 e. The van der Waals surface area contributed by atoms with Crippen LogP contribution in [0, 0.1) is 13.8 Å². The third-order valence-corrected chi connectivity index (χ3v) is 5.21. The summed E-state index contributed by atoms with van der Waals surface area (Å²) in [4.78, 5) is 30.8. The van der Waals surface area contributed by atoms with Gasteiger partial charge in [-0.2, -0.15) is 0 Å². The number of carbonyl (C=O) groups is 2. The first-order valence-corrected chi connectivity index (χ1v) is 9.61. The van der Waals surface area contributed by atoms with Crippen LogP contribution in [0.3, 0.4) is 0 Å². The van der Waals surface area contributed by atoms with Gasteiger partial charge in [0.2, 0.25) is 5.91 Å². The normalized spacial score (nSPS) is 19.9. The molecular weight excluding hydrogens is 358 g/mol. The summed E-state index contributed by atoms with van der Waals surface area (Å²) in [7, 11) is 0. The Morgan fingerprint density at radius 1 is 1.32 bits per heavy atom. The van der Waals surface area contributed by atoms with Gasteiger partial charge in [0.15, 0.2) is 0 Å². The zero-order valence-electron chi connectivity index (χ0n) is 16.4. The lowest BCUT2D eigenvalue weighted by Gasteiger charge is -2.27. The number of nitrogens with zero attached hydrogens (tertiary/aromatic N) is 2. The third-order valence-electron chi connectivity index (χ3n) is 5.21. The van der Waals surface area contributed by atoms with Crippen molar-refractivity contribution >= 4 is 11.8 Å². The number of amides is 2. The molecule has 150 valence electrons. The number of hydrogen-bond acceptors (Lipinski definition) is 5. The first kappa shape index (κ1) is 20.1. The molecule has 1 aliphatic rings. The number of rotatable bonds is 5. The Balaban J connectivity index is 1.54. The molecule has 1 fully saturated rings. The first-order valence-electron chi connectivity index (χ1n) is 9.61. The van der Waals surface area contributed by atoms with Crippen molar-refractivity contribution < 1.29 is 19.1 Å². The van der Waals surface area contributed by atoms with E-state index in [0.717, 1.165) is 5.56 Å². The molecule has 2 amide bonds. The number of pyridine rings is 1. The molecule has 7 heteroatoms. The van der Waals surface area contributed by atoms with Crippen molar-refractivity contribution in [1.82, 2.24) is 15.2 Å². The van der Waals surface area contributed by atoms with Crippen molar-refractivity contribution in [2.75, 3.05) is 19.6 Å². The van der Waals surface area contributed by atoms with Gasteiger partial charge >= 0.3 is 0 Å². The zero-order valence-corrected chi connectivity index (χ0v) is 16.4. The van der Waals surface area contributed by atoms with Crippen molar-refractivity contribution in [2.45, 2.75) is 45.1 Å². The van der Waals surface area contributed by atoms with E-state index in [9.17, 15) is 14.7 Å². The first-order chi connectivity index (χ1) is 13.4. The Morgan fingerprint density at radius 3 is 2.82 bits per heavy atom. The highest BCUT2D eigenvalue weighted by Gasteiger charge is 2.32. The van der Waals surface area contributed by atoms with E-state index in [0.29, 0.717) is 55.9 Å². The molecule has 2 aromatic rings. The van der Waals surface area contributed by atoms with Gasteiger partial charge in [0.1, 0.15) is 11.5 Å². The predicted octanol–water partition coefficient (Wildman–Crippen LogP) is 2.01. The van der Waals surface area contributed by atoms with Gasteiger partial charge in [0.25, 0.3) is 5.91 Å². The highest BCUT2D eigenvalue weighted by atomic mass is 16.3. The summed E-state index contributed by atoms with van der Waals surface area (Å²) in [6.45, 7) is 4.76. The number of aliphatic hydroxyl groups is 1. The SMILES string of the molecule is Cc1cc(C(=O)NCC2(O)CCCN(C(=O)Cc3cccnc3)CC2)c(C)o1. The molecule has 1 unspecified atom stereocenters. The number of carbonyl (C=O) groups excluding carboxylic acids is 2. The molecule has 3 heterocycles. The minimum absolute atomic E-state index is 0.0331. The van der Waals surface area contributed by atoms with Crippen LogP contribution in [0.4, 0.5) is 0 Å². The maximum absolute atomic E-state index is 12.6. The van der Waals surface area contributed by atoms with Crippen molar-refractivity contribution in [3.8, 4) is 0 Å². The van der Waals surface area contributed by atoms with Crippen LogP contribution in [0.5, 0.6) is 0 Å². The Kier molecular flexibility index (Phi) is 6.14. The highest BCUT2D eigenvalue weighted by Crippen LogP contribution is 2.23. The summed E-state index contributed by atoms with van der Waals surface area (Å²) in [5, 5.41) is 13.7. The van der Waals surface area contributed by atoms with Crippen molar-refractivity contribution in [1.29, 1.82) is 0 Å². The maximum Gasteiger partial charge on any atom is 0.254 e. The molecule has 3 rings (SSSR count). The van der Waals surface area contributed by atoms with Crippen LogP contribution in [-0.2, 0) is 11.2 Å². The average Bonchev–Trinajstić information content (AvgIpc) is 2.88. The van der Waals surface area contributed by atoms with Crippen molar-refractivity contribution in [2.24, 2.45) is 0 Å². The molecule has 28 heavy (non-hydrogen) atoms. The minimum atomic E-state index is -1.02.